The van der Waals surface area contributed by atoms with Crippen LogP contribution >= 0.6 is 0 Å². The van der Waals surface area contributed by atoms with Crippen molar-refractivity contribution in [1.29, 1.82) is 0 Å². The molecule has 0 spiro atoms. The van der Waals surface area contributed by atoms with Gasteiger partial charge in [0.2, 0.25) is 5.91 Å². The summed E-state index contributed by atoms with van der Waals surface area (Å²) >= 11 is 0. The quantitative estimate of drug-likeness (QED) is 0.812. The number of likely N-dealkylation sites (tertiary alicyclic amines) is 1. The molecule has 148 valence electrons. The molecule has 0 radical (unpaired) electrons. The van der Waals surface area contributed by atoms with Gasteiger partial charge in [-0.1, -0.05) is 50.2 Å². The minimum absolute atomic E-state index is 0.0563. The van der Waals surface area contributed by atoms with Gasteiger partial charge in [-0.25, -0.2) is 0 Å². The minimum atomic E-state index is 0.0563. The fraction of sp³-hybridized carbons (Fsp3) is 0.458. The Hall–Kier alpha value is -2.33. The van der Waals surface area contributed by atoms with Crippen molar-refractivity contribution in [3.05, 3.63) is 59.7 Å². The summed E-state index contributed by atoms with van der Waals surface area (Å²) in [5, 5.41) is 2.97. The van der Waals surface area contributed by atoms with Crippen molar-refractivity contribution in [1.82, 2.24) is 4.90 Å². The van der Waals surface area contributed by atoms with Gasteiger partial charge in [-0.3, -0.25) is 9.69 Å². The molecule has 1 N–H and O–H groups in total. The van der Waals surface area contributed by atoms with Gasteiger partial charge in [0.05, 0.1) is 0 Å². The first-order chi connectivity index (χ1) is 13.6. The topological polar surface area (TPSA) is 41.6 Å². The van der Waals surface area contributed by atoms with Crippen LogP contribution in [-0.4, -0.2) is 30.1 Å². The summed E-state index contributed by atoms with van der Waals surface area (Å²) in [4.78, 5) is 14.2. The molecule has 0 aliphatic carbocycles. The summed E-state index contributed by atoms with van der Waals surface area (Å²) in [5.41, 5.74) is 3.49. The summed E-state index contributed by atoms with van der Waals surface area (Å²) in [6.45, 7) is 6.55. The lowest BCUT2D eigenvalue weighted by molar-refractivity contribution is -0.116. The zero-order valence-electron chi connectivity index (χ0n) is 16.9. The normalized spacial score (nSPS) is 19.2. The highest BCUT2D eigenvalue weighted by molar-refractivity contribution is 5.94. The molecule has 4 rings (SSSR count). The molecule has 2 aromatic rings. The predicted molar refractivity (Wildman–Crippen MR) is 113 cm³/mol. The van der Waals surface area contributed by atoms with Crippen molar-refractivity contribution in [3.8, 4) is 5.75 Å². The number of carbonyl (C=O) groups excluding carboxylic acids is 1. The molecule has 2 aliphatic rings. The van der Waals surface area contributed by atoms with Crippen LogP contribution in [-0.2, 0) is 11.2 Å². The number of benzene rings is 2. The number of piperidine rings is 1. The van der Waals surface area contributed by atoms with Crippen molar-refractivity contribution in [3.63, 3.8) is 0 Å². The molecular formula is C24H30N2O2. The van der Waals surface area contributed by atoms with Crippen LogP contribution in [0, 0.1) is 5.92 Å². The molecule has 0 bridgehead atoms. The fourth-order valence-electron chi connectivity index (χ4n) is 4.48. The molecule has 0 saturated carbocycles. The number of nitrogens with zero attached hydrogens (tertiary/aromatic N) is 1. The molecule has 1 fully saturated rings. The van der Waals surface area contributed by atoms with Gasteiger partial charge in [0.15, 0.2) is 6.23 Å². The minimum Gasteiger partial charge on any atom is -0.474 e. The van der Waals surface area contributed by atoms with Gasteiger partial charge in [-0.2, -0.15) is 0 Å². The Kier molecular flexibility index (Phi) is 5.67. The largest absolute Gasteiger partial charge is 0.474 e. The summed E-state index contributed by atoms with van der Waals surface area (Å²) < 4.78 is 6.56. The zero-order valence-corrected chi connectivity index (χ0v) is 16.9. The molecular weight excluding hydrogens is 348 g/mol. The van der Waals surface area contributed by atoms with Crippen LogP contribution in [0.2, 0.25) is 0 Å². The van der Waals surface area contributed by atoms with E-state index >= 15 is 0 Å². The number of nitrogens with one attached hydrogen (secondary N) is 1. The van der Waals surface area contributed by atoms with Crippen LogP contribution in [0.25, 0.3) is 0 Å². The van der Waals surface area contributed by atoms with Gasteiger partial charge in [-0.05, 0) is 42.9 Å². The Morgan fingerprint density at radius 3 is 2.46 bits per heavy atom. The van der Waals surface area contributed by atoms with E-state index in [9.17, 15) is 4.79 Å². The number of hydrogen-bond donors (Lipinski definition) is 1. The van der Waals surface area contributed by atoms with Gasteiger partial charge in [-0.15, -0.1) is 0 Å². The molecule has 1 atom stereocenters. The van der Waals surface area contributed by atoms with E-state index in [1.54, 1.807) is 0 Å². The lowest BCUT2D eigenvalue weighted by atomic mass is 9.89. The number of rotatable bonds is 5. The highest BCUT2D eigenvalue weighted by Crippen LogP contribution is 2.34. The zero-order chi connectivity index (χ0) is 19.5. The van der Waals surface area contributed by atoms with Crippen LogP contribution in [0.3, 0.4) is 0 Å². The standard InChI is InChI=1S/C24H30N2O2/c1-17(2)24(26-15-13-19(14-16-26)18-7-4-3-5-8-18)28-22-10-6-9-21-20(22)11-12-23(27)25-21/h3-10,17,19,24H,11-16H2,1-2H3,(H,25,27). The third-order valence-corrected chi connectivity index (χ3v) is 5.99. The average Bonchev–Trinajstić information content (AvgIpc) is 2.72. The second kappa shape index (κ2) is 8.36. The van der Waals surface area contributed by atoms with Crippen molar-refractivity contribution in [2.75, 3.05) is 18.4 Å². The second-order valence-corrected chi connectivity index (χ2v) is 8.30. The van der Waals surface area contributed by atoms with E-state index in [2.05, 4.69) is 54.4 Å². The molecule has 28 heavy (non-hydrogen) atoms. The fourth-order valence-corrected chi connectivity index (χ4v) is 4.48. The van der Waals surface area contributed by atoms with Crippen LogP contribution in [0.15, 0.2) is 48.5 Å². The third-order valence-electron chi connectivity index (χ3n) is 5.99. The molecule has 0 aromatic heterocycles. The van der Waals surface area contributed by atoms with Gasteiger partial charge in [0.1, 0.15) is 5.75 Å². The first kappa shape index (κ1) is 19.0. The summed E-state index contributed by atoms with van der Waals surface area (Å²) in [6.07, 6.45) is 3.67. The Morgan fingerprint density at radius 2 is 1.75 bits per heavy atom. The van der Waals surface area contributed by atoms with E-state index in [0.29, 0.717) is 18.3 Å². The van der Waals surface area contributed by atoms with Crippen LogP contribution in [0.5, 0.6) is 5.75 Å². The van der Waals surface area contributed by atoms with Gasteiger partial charge in [0.25, 0.3) is 0 Å². The summed E-state index contributed by atoms with van der Waals surface area (Å²) in [5.74, 6) is 2.04. The molecule has 2 aromatic carbocycles. The number of ether oxygens (including phenoxy) is 1. The highest BCUT2D eigenvalue weighted by Gasteiger charge is 2.30. The van der Waals surface area contributed by atoms with Crippen LogP contribution in [0.4, 0.5) is 5.69 Å². The molecule has 1 amide bonds. The van der Waals surface area contributed by atoms with Crippen LogP contribution < -0.4 is 10.1 Å². The van der Waals surface area contributed by atoms with Crippen molar-refractivity contribution in [2.24, 2.45) is 5.92 Å². The Bertz CT molecular complexity index is 811. The molecule has 1 unspecified atom stereocenters. The molecule has 1 saturated heterocycles. The van der Waals surface area contributed by atoms with Gasteiger partial charge >= 0.3 is 0 Å². The first-order valence-electron chi connectivity index (χ1n) is 10.5. The number of anilines is 1. The van der Waals surface area contributed by atoms with Gasteiger partial charge < -0.3 is 10.1 Å². The lowest BCUT2D eigenvalue weighted by Crippen LogP contribution is -2.47. The number of carbonyl (C=O) groups is 1. The number of amides is 1. The Morgan fingerprint density at radius 1 is 1.00 bits per heavy atom. The average molecular weight is 379 g/mol. The molecule has 4 heteroatoms. The van der Waals surface area contributed by atoms with E-state index in [-0.39, 0.29) is 12.1 Å². The van der Waals surface area contributed by atoms with Crippen LogP contribution in [0.1, 0.15) is 50.2 Å². The van der Waals surface area contributed by atoms with Crippen molar-refractivity contribution in [2.45, 2.75) is 51.7 Å². The highest BCUT2D eigenvalue weighted by atomic mass is 16.5. The molecule has 2 heterocycles. The number of hydrogen-bond acceptors (Lipinski definition) is 3. The van der Waals surface area contributed by atoms with Crippen molar-refractivity contribution >= 4 is 11.6 Å². The van der Waals surface area contributed by atoms with E-state index in [1.165, 1.54) is 18.4 Å². The smallest absolute Gasteiger partial charge is 0.224 e. The first-order valence-corrected chi connectivity index (χ1v) is 10.5. The number of fused-ring (bicyclic) bond motifs is 1. The summed E-state index contributed by atoms with van der Waals surface area (Å²) in [6, 6.07) is 16.8. The van der Waals surface area contributed by atoms with E-state index < -0.39 is 0 Å². The Labute approximate surface area is 167 Å². The summed E-state index contributed by atoms with van der Waals surface area (Å²) in [7, 11) is 0. The van der Waals surface area contributed by atoms with E-state index in [4.69, 9.17) is 4.74 Å². The lowest BCUT2D eigenvalue weighted by Gasteiger charge is -2.39. The molecule has 2 aliphatic heterocycles. The van der Waals surface area contributed by atoms with E-state index in [1.807, 2.05) is 18.2 Å². The maximum absolute atomic E-state index is 11.7. The van der Waals surface area contributed by atoms with Gasteiger partial charge in [0, 0.05) is 36.7 Å². The SMILES string of the molecule is CC(C)C(Oc1cccc2c1CCC(=O)N2)N1CCC(c2ccccc2)CC1. The molecule has 4 nitrogen and oxygen atoms in total. The monoisotopic (exact) mass is 378 g/mol. The Balaban J connectivity index is 1.46. The maximum atomic E-state index is 11.7. The maximum Gasteiger partial charge on any atom is 0.224 e. The third kappa shape index (κ3) is 4.07. The van der Waals surface area contributed by atoms with E-state index in [0.717, 1.165) is 36.5 Å². The second-order valence-electron chi connectivity index (χ2n) is 8.30. The van der Waals surface area contributed by atoms with Crippen molar-refractivity contribution < 1.29 is 9.53 Å². The predicted octanol–water partition coefficient (Wildman–Crippen LogP) is 4.81.